The summed E-state index contributed by atoms with van der Waals surface area (Å²) in [5, 5.41) is 6.72. The van der Waals surface area contributed by atoms with Crippen molar-refractivity contribution in [2.75, 3.05) is 5.32 Å². The van der Waals surface area contributed by atoms with E-state index >= 15 is 0 Å². The lowest BCUT2D eigenvalue weighted by atomic mass is 9.95. The van der Waals surface area contributed by atoms with E-state index in [9.17, 15) is 9.18 Å². The Labute approximate surface area is 133 Å². The zero-order chi connectivity index (χ0) is 16.4. The van der Waals surface area contributed by atoms with Crippen LogP contribution in [0.15, 0.2) is 47.8 Å². The fourth-order valence-corrected chi connectivity index (χ4v) is 2.31. The molecule has 1 aromatic carbocycles. The van der Waals surface area contributed by atoms with Gasteiger partial charge in [-0.3, -0.25) is 4.79 Å². The molecule has 23 heavy (non-hydrogen) atoms. The lowest BCUT2D eigenvalue weighted by molar-refractivity contribution is -0.135. The molecule has 2 heterocycles. The van der Waals surface area contributed by atoms with Gasteiger partial charge in [0.05, 0.1) is 5.71 Å². The van der Waals surface area contributed by atoms with Gasteiger partial charge in [0.15, 0.2) is 0 Å². The molecule has 0 spiro atoms. The lowest BCUT2D eigenvalue weighted by Crippen LogP contribution is -2.40. The van der Waals surface area contributed by atoms with E-state index < -0.39 is 5.60 Å². The molecule has 5 nitrogen and oxygen atoms in total. The number of carbonyl (C=O) groups excluding carboxylic acids is 1. The number of aryl methyl sites for hydroxylation is 1. The van der Waals surface area contributed by atoms with Gasteiger partial charge in [0.25, 0.3) is 5.91 Å². The molecule has 118 valence electrons. The molecule has 0 bridgehead atoms. The van der Waals surface area contributed by atoms with E-state index in [1.807, 2.05) is 13.0 Å². The second-order valence-corrected chi connectivity index (χ2v) is 5.72. The Morgan fingerprint density at radius 2 is 2.04 bits per heavy atom. The number of amides is 1. The molecular weight excluding hydrogens is 297 g/mol. The second kappa shape index (κ2) is 5.79. The average molecular weight is 313 g/mol. The maximum atomic E-state index is 13.0. The Kier molecular flexibility index (Phi) is 3.82. The van der Waals surface area contributed by atoms with Crippen LogP contribution < -0.4 is 5.32 Å². The van der Waals surface area contributed by atoms with Gasteiger partial charge in [0.1, 0.15) is 11.6 Å². The standard InChI is InChI=1S/C17H16FN3O2/c1-11-7-8-19-15(9-11)20-16(22)17(2)10-14(21-23-17)12-3-5-13(18)6-4-12/h3-9H,10H2,1-2H3,(H,19,20,22). The lowest BCUT2D eigenvalue weighted by Gasteiger charge is -2.20. The Bertz CT molecular complexity index is 774. The molecule has 2 aromatic rings. The van der Waals surface area contributed by atoms with Crippen LogP contribution in [0.4, 0.5) is 10.2 Å². The minimum atomic E-state index is -1.12. The van der Waals surface area contributed by atoms with Crippen LogP contribution in [0.5, 0.6) is 0 Å². The van der Waals surface area contributed by atoms with E-state index in [2.05, 4.69) is 15.5 Å². The van der Waals surface area contributed by atoms with Gasteiger partial charge < -0.3 is 10.2 Å². The first-order chi connectivity index (χ1) is 11.0. The predicted molar refractivity (Wildman–Crippen MR) is 84.6 cm³/mol. The molecular formula is C17H16FN3O2. The van der Waals surface area contributed by atoms with Crippen molar-refractivity contribution in [3.05, 3.63) is 59.5 Å². The SMILES string of the molecule is Cc1ccnc(NC(=O)C2(C)CC(c3ccc(F)cc3)=NO2)c1. The topological polar surface area (TPSA) is 63.6 Å². The van der Waals surface area contributed by atoms with Crippen LogP contribution in [-0.4, -0.2) is 22.2 Å². The number of nitrogens with zero attached hydrogens (tertiary/aromatic N) is 2. The van der Waals surface area contributed by atoms with Crippen molar-refractivity contribution in [2.24, 2.45) is 5.16 Å². The molecule has 1 aromatic heterocycles. The van der Waals surface area contributed by atoms with Gasteiger partial charge in [-0.1, -0.05) is 17.3 Å². The summed E-state index contributed by atoms with van der Waals surface area (Å²) in [6.45, 7) is 3.58. The van der Waals surface area contributed by atoms with Crippen LogP contribution in [0.3, 0.4) is 0 Å². The molecule has 1 aliphatic heterocycles. The number of hydrogen-bond donors (Lipinski definition) is 1. The Balaban J connectivity index is 1.71. The van der Waals surface area contributed by atoms with Crippen molar-refractivity contribution in [3.8, 4) is 0 Å². The number of nitrogens with one attached hydrogen (secondary N) is 1. The van der Waals surface area contributed by atoms with Crippen molar-refractivity contribution < 1.29 is 14.0 Å². The number of carbonyl (C=O) groups is 1. The third-order valence-corrected chi connectivity index (χ3v) is 3.68. The predicted octanol–water partition coefficient (Wildman–Crippen LogP) is 3.05. The monoisotopic (exact) mass is 313 g/mol. The molecule has 0 radical (unpaired) electrons. The van der Waals surface area contributed by atoms with E-state index in [0.717, 1.165) is 11.1 Å². The molecule has 1 unspecified atom stereocenters. The number of rotatable bonds is 3. The van der Waals surface area contributed by atoms with Crippen molar-refractivity contribution in [1.29, 1.82) is 0 Å². The maximum Gasteiger partial charge on any atom is 0.272 e. The van der Waals surface area contributed by atoms with Gasteiger partial charge >= 0.3 is 0 Å². The van der Waals surface area contributed by atoms with Gasteiger partial charge in [-0.25, -0.2) is 9.37 Å². The van der Waals surface area contributed by atoms with Crippen molar-refractivity contribution >= 4 is 17.4 Å². The Hall–Kier alpha value is -2.76. The van der Waals surface area contributed by atoms with Crippen LogP contribution in [0, 0.1) is 12.7 Å². The second-order valence-electron chi connectivity index (χ2n) is 5.72. The van der Waals surface area contributed by atoms with E-state index in [-0.39, 0.29) is 11.7 Å². The first kappa shape index (κ1) is 15.1. The highest BCUT2D eigenvalue weighted by atomic mass is 19.1. The van der Waals surface area contributed by atoms with E-state index in [0.29, 0.717) is 18.0 Å². The van der Waals surface area contributed by atoms with Crippen LogP contribution >= 0.6 is 0 Å². The number of anilines is 1. The van der Waals surface area contributed by atoms with Crippen LogP contribution in [0.25, 0.3) is 0 Å². The first-order valence-corrected chi connectivity index (χ1v) is 7.21. The molecule has 1 N–H and O–H groups in total. The van der Waals surface area contributed by atoms with Gasteiger partial charge in [-0.15, -0.1) is 0 Å². The fraction of sp³-hybridized carbons (Fsp3) is 0.235. The quantitative estimate of drug-likeness (QED) is 0.947. The summed E-state index contributed by atoms with van der Waals surface area (Å²) in [5.74, 6) is -0.175. The van der Waals surface area contributed by atoms with Gasteiger partial charge in [0, 0.05) is 12.6 Å². The summed E-state index contributed by atoms with van der Waals surface area (Å²) in [7, 11) is 0. The van der Waals surface area contributed by atoms with E-state index in [1.165, 1.54) is 12.1 Å². The molecule has 0 saturated carbocycles. The van der Waals surface area contributed by atoms with Gasteiger partial charge in [-0.05, 0) is 49.2 Å². The third-order valence-electron chi connectivity index (χ3n) is 3.68. The smallest absolute Gasteiger partial charge is 0.272 e. The van der Waals surface area contributed by atoms with Gasteiger partial charge in [-0.2, -0.15) is 0 Å². The molecule has 6 heteroatoms. The van der Waals surface area contributed by atoms with Crippen LogP contribution in [0.1, 0.15) is 24.5 Å². The minimum absolute atomic E-state index is 0.302. The number of aromatic nitrogens is 1. The Morgan fingerprint density at radius 3 is 2.74 bits per heavy atom. The van der Waals surface area contributed by atoms with E-state index in [4.69, 9.17) is 4.84 Å². The number of benzene rings is 1. The number of halogens is 1. The molecule has 0 saturated heterocycles. The first-order valence-electron chi connectivity index (χ1n) is 7.21. The fourth-order valence-electron chi connectivity index (χ4n) is 2.31. The Morgan fingerprint density at radius 1 is 1.30 bits per heavy atom. The normalized spacial score (nSPS) is 19.9. The van der Waals surface area contributed by atoms with E-state index in [1.54, 1.807) is 31.3 Å². The van der Waals surface area contributed by atoms with Crippen LogP contribution in [0.2, 0.25) is 0 Å². The summed E-state index contributed by atoms with van der Waals surface area (Å²) >= 11 is 0. The third kappa shape index (κ3) is 3.21. The number of pyridine rings is 1. The summed E-state index contributed by atoms with van der Waals surface area (Å²) < 4.78 is 13.0. The minimum Gasteiger partial charge on any atom is -0.379 e. The summed E-state index contributed by atoms with van der Waals surface area (Å²) in [6, 6.07) is 9.55. The molecule has 0 fully saturated rings. The van der Waals surface area contributed by atoms with Crippen molar-refractivity contribution in [3.63, 3.8) is 0 Å². The summed E-state index contributed by atoms with van der Waals surface area (Å²) in [4.78, 5) is 21.9. The molecule has 1 aliphatic rings. The zero-order valence-electron chi connectivity index (χ0n) is 12.8. The molecule has 1 atom stereocenters. The zero-order valence-corrected chi connectivity index (χ0v) is 12.8. The highest BCUT2D eigenvalue weighted by molar-refractivity contribution is 6.07. The molecule has 1 amide bonds. The molecule has 3 rings (SSSR count). The van der Waals surface area contributed by atoms with Crippen LogP contribution in [-0.2, 0) is 9.63 Å². The summed E-state index contributed by atoms with van der Waals surface area (Å²) in [6.07, 6.45) is 1.93. The van der Waals surface area contributed by atoms with Crippen molar-refractivity contribution in [1.82, 2.24) is 4.98 Å². The highest BCUT2D eigenvalue weighted by Crippen LogP contribution is 2.28. The van der Waals surface area contributed by atoms with Gasteiger partial charge in [0.2, 0.25) is 5.60 Å². The number of oxime groups is 1. The highest BCUT2D eigenvalue weighted by Gasteiger charge is 2.42. The largest absolute Gasteiger partial charge is 0.379 e. The number of hydrogen-bond acceptors (Lipinski definition) is 4. The maximum absolute atomic E-state index is 13.0. The average Bonchev–Trinajstić information content (AvgIpc) is 2.92. The van der Waals surface area contributed by atoms with Crippen molar-refractivity contribution in [2.45, 2.75) is 25.9 Å². The summed E-state index contributed by atoms with van der Waals surface area (Å²) in [5.41, 5.74) is 1.22. The molecule has 0 aliphatic carbocycles.